The van der Waals surface area contributed by atoms with Crippen LogP contribution in [0.25, 0.3) is 0 Å². The van der Waals surface area contributed by atoms with Gasteiger partial charge in [0, 0.05) is 25.6 Å². The molecule has 0 saturated heterocycles. The minimum atomic E-state index is 0.241. The molecule has 0 spiro atoms. The molecule has 0 bridgehead atoms. The third kappa shape index (κ3) is 5.07. The summed E-state index contributed by atoms with van der Waals surface area (Å²) in [5, 5.41) is 0. The van der Waals surface area contributed by atoms with Gasteiger partial charge in [-0.05, 0) is 37.5 Å². The van der Waals surface area contributed by atoms with Crippen molar-refractivity contribution in [3.8, 4) is 0 Å². The van der Waals surface area contributed by atoms with E-state index in [1.807, 2.05) is 11.9 Å². The fourth-order valence-corrected chi connectivity index (χ4v) is 2.35. The van der Waals surface area contributed by atoms with Crippen LogP contribution in [-0.2, 0) is 4.79 Å². The van der Waals surface area contributed by atoms with Crippen molar-refractivity contribution in [2.75, 3.05) is 7.05 Å². The fraction of sp³-hybridized carbons (Fsp3) is 0.929. The summed E-state index contributed by atoms with van der Waals surface area (Å²) >= 11 is 0. The van der Waals surface area contributed by atoms with Crippen molar-refractivity contribution in [3.05, 3.63) is 0 Å². The number of hydrogen-bond acceptors (Lipinski definition) is 2. The van der Waals surface area contributed by atoms with Gasteiger partial charge in [0.15, 0.2) is 0 Å². The molecule has 0 atom stereocenters. The van der Waals surface area contributed by atoms with E-state index in [1.54, 1.807) is 0 Å². The number of hydrogen-bond donors (Lipinski definition) is 1. The highest BCUT2D eigenvalue weighted by Gasteiger charge is 2.25. The molecule has 17 heavy (non-hydrogen) atoms. The molecule has 2 N–H and O–H groups in total. The topological polar surface area (TPSA) is 46.3 Å². The highest BCUT2D eigenvalue weighted by molar-refractivity contribution is 5.76. The SMILES string of the molecule is CN(C(=O)CCC(C)(C)C)C1CCC(N)CC1. The van der Waals surface area contributed by atoms with Crippen LogP contribution >= 0.6 is 0 Å². The van der Waals surface area contributed by atoms with Gasteiger partial charge in [-0.15, -0.1) is 0 Å². The van der Waals surface area contributed by atoms with Crippen molar-refractivity contribution >= 4 is 5.91 Å². The first-order valence-electron chi connectivity index (χ1n) is 6.81. The normalized spacial score (nSPS) is 25.7. The average Bonchev–Trinajstić information content (AvgIpc) is 2.25. The molecule has 0 radical (unpaired) electrons. The quantitative estimate of drug-likeness (QED) is 0.824. The molecule has 1 amide bonds. The van der Waals surface area contributed by atoms with Crippen molar-refractivity contribution < 1.29 is 4.79 Å². The summed E-state index contributed by atoms with van der Waals surface area (Å²) in [6.45, 7) is 6.54. The molecule has 0 unspecified atom stereocenters. The van der Waals surface area contributed by atoms with Crippen LogP contribution in [0, 0.1) is 5.41 Å². The number of nitrogens with two attached hydrogens (primary N) is 1. The van der Waals surface area contributed by atoms with Gasteiger partial charge in [0.05, 0.1) is 0 Å². The molecule has 0 aromatic rings. The van der Waals surface area contributed by atoms with Crippen LogP contribution in [0.3, 0.4) is 0 Å². The van der Waals surface area contributed by atoms with Crippen molar-refractivity contribution in [2.45, 2.75) is 71.4 Å². The van der Waals surface area contributed by atoms with E-state index < -0.39 is 0 Å². The Hall–Kier alpha value is -0.570. The smallest absolute Gasteiger partial charge is 0.222 e. The third-order valence-electron chi connectivity index (χ3n) is 3.77. The molecule has 0 aliphatic heterocycles. The Labute approximate surface area is 106 Å². The van der Waals surface area contributed by atoms with Gasteiger partial charge in [0.2, 0.25) is 5.91 Å². The molecule has 3 nitrogen and oxygen atoms in total. The van der Waals surface area contributed by atoms with Gasteiger partial charge in [-0.1, -0.05) is 20.8 Å². The van der Waals surface area contributed by atoms with E-state index in [0.717, 1.165) is 32.1 Å². The number of amides is 1. The predicted molar refractivity (Wildman–Crippen MR) is 71.7 cm³/mol. The van der Waals surface area contributed by atoms with Crippen LogP contribution < -0.4 is 5.73 Å². The van der Waals surface area contributed by atoms with Crippen molar-refractivity contribution in [2.24, 2.45) is 11.1 Å². The Morgan fingerprint density at radius 1 is 1.24 bits per heavy atom. The molecule has 1 aliphatic carbocycles. The van der Waals surface area contributed by atoms with Crippen LogP contribution in [0.1, 0.15) is 59.3 Å². The lowest BCUT2D eigenvalue weighted by molar-refractivity contribution is -0.133. The Bertz CT molecular complexity index is 249. The highest BCUT2D eigenvalue weighted by atomic mass is 16.2. The molecule has 0 heterocycles. The lowest BCUT2D eigenvalue weighted by Gasteiger charge is -2.34. The first-order chi connectivity index (χ1) is 7.79. The van der Waals surface area contributed by atoms with Gasteiger partial charge in [0.25, 0.3) is 0 Å². The molecule has 0 aromatic carbocycles. The molecule has 0 aromatic heterocycles. The molecular formula is C14H28N2O. The zero-order valence-corrected chi connectivity index (χ0v) is 11.8. The second kappa shape index (κ2) is 5.85. The Kier molecular flexibility index (Phi) is 4.99. The van der Waals surface area contributed by atoms with Gasteiger partial charge >= 0.3 is 0 Å². The Morgan fingerprint density at radius 2 is 1.76 bits per heavy atom. The van der Waals surface area contributed by atoms with Gasteiger partial charge in [-0.3, -0.25) is 4.79 Å². The van der Waals surface area contributed by atoms with Crippen molar-refractivity contribution in [1.29, 1.82) is 0 Å². The summed E-state index contributed by atoms with van der Waals surface area (Å²) in [4.78, 5) is 14.0. The highest BCUT2D eigenvalue weighted by Crippen LogP contribution is 2.24. The second-order valence-corrected chi connectivity index (χ2v) is 6.63. The molecular weight excluding hydrogens is 212 g/mol. The largest absolute Gasteiger partial charge is 0.343 e. The summed E-state index contributed by atoms with van der Waals surface area (Å²) < 4.78 is 0. The Balaban J connectivity index is 2.36. The lowest BCUT2D eigenvalue weighted by atomic mass is 9.89. The van der Waals surface area contributed by atoms with E-state index in [9.17, 15) is 4.79 Å². The summed E-state index contributed by atoms with van der Waals surface area (Å²) in [6, 6.07) is 0.770. The maximum atomic E-state index is 12.1. The fourth-order valence-electron chi connectivity index (χ4n) is 2.35. The standard InChI is InChI=1S/C14H28N2O/c1-14(2,3)10-9-13(17)16(4)12-7-5-11(15)6-8-12/h11-12H,5-10,15H2,1-4H3. The molecule has 1 fully saturated rings. The minimum absolute atomic E-state index is 0.241. The van der Waals surface area contributed by atoms with E-state index in [4.69, 9.17) is 5.73 Å². The third-order valence-corrected chi connectivity index (χ3v) is 3.77. The molecule has 3 heteroatoms. The molecule has 1 saturated carbocycles. The number of carbonyl (C=O) groups is 1. The van der Waals surface area contributed by atoms with Crippen molar-refractivity contribution in [1.82, 2.24) is 4.90 Å². The number of nitrogens with zero attached hydrogens (tertiary/aromatic N) is 1. The van der Waals surface area contributed by atoms with Crippen LogP contribution in [0.4, 0.5) is 0 Å². The van der Waals surface area contributed by atoms with E-state index >= 15 is 0 Å². The average molecular weight is 240 g/mol. The minimum Gasteiger partial charge on any atom is -0.343 e. The number of rotatable bonds is 3. The Morgan fingerprint density at radius 3 is 2.24 bits per heavy atom. The molecule has 1 aliphatic rings. The molecule has 1 rings (SSSR count). The van der Waals surface area contributed by atoms with E-state index in [0.29, 0.717) is 24.4 Å². The van der Waals surface area contributed by atoms with Crippen LogP contribution in [0.5, 0.6) is 0 Å². The van der Waals surface area contributed by atoms with Gasteiger partial charge in [-0.25, -0.2) is 0 Å². The zero-order chi connectivity index (χ0) is 13.1. The lowest BCUT2D eigenvalue weighted by Crippen LogP contribution is -2.42. The second-order valence-electron chi connectivity index (χ2n) is 6.63. The van der Waals surface area contributed by atoms with Crippen LogP contribution in [-0.4, -0.2) is 29.9 Å². The summed E-state index contributed by atoms with van der Waals surface area (Å²) in [5.74, 6) is 0.292. The van der Waals surface area contributed by atoms with Gasteiger partial charge in [-0.2, -0.15) is 0 Å². The van der Waals surface area contributed by atoms with E-state index in [-0.39, 0.29) is 5.41 Å². The van der Waals surface area contributed by atoms with E-state index in [2.05, 4.69) is 20.8 Å². The summed E-state index contributed by atoms with van der Waals surface area (Å²) in [6.07, 6.45) is 5.88. The summed E-state index contributed by atoms with van der Waals surface area (Å²) in [7, 11) is 1.95. The van der Waals surface area contributed by atoms with E-state index in [1.165, 1.54) is 0 Å². The maximum Gasteiger partial charge on any atom is 0.222 e. The zero-order valence-electron chi connectivity index (χ0n) is 11.8. The predicted octanol–water partition coefficient (Wildman–Crippen LogP) is 2.54. The van der Waals surface area contributed by atoms with Crippen LogP contribution in [0.2, 0.25) is 0 Å². The summed E-state index contributed by atoms with van der Waals surface area (Å²) in [5.41, 5.74) is 6.13. The van der Waals surface area contributed by atoms with Gasteiger partial charge in [0.1, 0.15) is 0 Å². The first kappa shape index (κ1) is 14.5. The maximum absolute atomic E-state index is 12.1. The monoisotopic (exact) mass is 240 g/mol. The molecule has 100 valence electrons. The van der Waals surface area contributed by atoms with Crippen molar-refractivity contribution in [3.63, 3.8) is 0 Å². The van der Waals surface area contributed by atoms with Crippen LogP contribution in [0.15, 0.2) is 0 Å². The number of carbonyl (C=O) groups excluding carboxylic acids is 1. The first-order valence-corrected chi connectivity index (χ1v) is 6.81. The van der Waals surface area contributed by atoms with Gasteiger partial charge < -0.3 is 10.6 Å².